The molecule has 0 spiro atoms. The summed E-state index contributed by atoms with van der Waals surface area (Å²) in [5, 5.41) is 7.83. The first kappa shape index (κ1) is 12.8. The van der Waals surface area contributed by atoms with E-state index < -0.39 is 0 Å². The summed E-state index contributed by atoms with van der Waals surface area (Å²) in [7, 11) is 0. The second kappa shape index (κ2) is 6.36. The zero-order valence-corrected chi connectivity index (χ0v) is 11.1. The van der Waals surface area contributed by atoms with Gasteiger partial charge in [-0.15, -0.1) is 0 Å². The molecule has 0 bridgehead atoms. The maximum Gasteiger partial charge on any atom is 0.0645 e. The number of nitrogens with one attached hydrogen (secondary N) is 1. The van der Waals surface area contributed by atoms with E-state index in [1.54, 1.807) is 0 Å². The Morgan fingerprint density at radius 2 is 2.06 bits per heavy atom. The monoisotopic (exact) mass is 243 g/mol. The van der Waals surface area contributed by atoms with E-state index in [0.717, 1.165) is 25.1 Å². The molecule has 2 aromatic rings. The molecule has 0 aliphatic rings. The van der Waals surface area contributed by atoms with Crippen LogP contribution in [0.4, 0.5) is 0 Å². The maximum atomic E-state index is 4.41. The van der Waals surface area contributed by atoms with Gasteiger partial charge in [-0.2, -0.15) is 5.10 Å². The predicted octanol–water partition coefficient (Wildman–Crippen LogP) is 2.80. The smallest absolute Gasteiger partial charge is 0.0645 e. The molecule has 0 aliphatic heterocycles. The fraction of sp³-hybridized carbons (Fsp3) is 0.400. The van der Waals surface area contributed by atoms with Crippen LogP contribution in [0.1, 0.15) is 25.8 Å². The summed E-state index contributed by atoms with van der Waals surface area (Å²) in [5.74, 6) is 0. The molecule has 0 saturated carbocycles. The van der Waals surface area contributed by atoms with Gasteiger partial charge in [0.2, 0.25) is 0 Å². The van der Waals surface area contributed by atoms with Crippen LogP contribution in [0, 0.1) is 0 Å². The molecule has 1 aromatic carbocycles. The van der Waals surface area contributed by atoms with Crippen LogP contribution in [0.3, 0.4) is 0 Å². The Hall–Kier alpha value is -1.61. The van der Waals surface area contributed by atoms with Crippen LogP contribution >= 0.6 is 0 Å². The predicted molar refractivity (Wildman–Crippen MR) is 75.0 cm³/mol. The van der Waals surface area contributed by atoms with Gasteiger partial charge < -0.3 is 5.32 Å². The summed E-state index contributed by atoms with van der Waals surface area (Å²) in [4.78, 5) is 0. The van der Waals surface area contributed by atoms with Crippen LogP contribution in [0.5, 0.6) is 0 Å². The van der Waals surface area contributed by atoms with Crippen molar-refractivity contribution in [3.8, 4) is 5.69 Å². The number of para-hydroxylation sites is 1. The largest absolute Gasteiger partial charge is 0.315 e. The third kappa shape index (κ3) is 3.44. The van der Waals surface area contributed by atoms with Gasteiger partial charge in [-0.05, 0) is 44.0 Å². The normalized spacial score (nSPS) is 12.6. The Bertz CT molecular complexity index is 462. The molecule has 3 nitrogen and oxygen atoms in total. The van der Waals surface area contributed by atoms with Crippen molar-refractivity contribution in [2.45, 2.75) is 32.7 Å². The summed E-state index contributed by atoms with van der Waals surface area (Å²) < 4.78 is 1.94. The van der Waals surface area contributed by atoms with Gasteiger partial charge >= 0.3 is 0 Å². The van der Waals surface area contributed by atoms with Crippen molar-refractivity contribution in [2.24, 2.45) is 0 Å². The first-order valence-electron chi connectivity index (χ1n) is 6.62. The van der Waals surface area contributed by atoms with Gasteiger partial charge in [0.25, 0.3) is 0 Å². The minimum Gasteiger partial charge on any atom is -0.315 e. The van der Waals surface area contributed by atoms with Crippen LogP contribution in [0.15, 0.2) is 42.7 Å². The molecular formula is C15H21N3. The van der Waals surface area contributed by atoms with E-state index >= 15 is 0 Å². The number of aryl methyl sites for hydroxylation is 1. The number of hydrogen-bond acceptors (Lipinski definition) is 2. The summed E-state index contributed by atoms with van der Waals surface area (Å²) in [6, 6.07) is 10.8. The lowest BCUT2D eigenvalue weighted by molar-refractivity contribution is 0.530. The minimum atomic E-state index is 0.565. The molecule has 3 heteroatoms. The molecular weight excluding hydrogens is 222 g/mol. The number of aromatic nitrogens is 2. The fourth-order valence-corrected chi connectivity index (χ4v) is 2.04. The highest BCUT2D eigenvalue weighted by atomic mass is 15.3. The molecule has 1 unspecified atom stereocenters. The van der Waals surface area contributed by atoms with E-state index in [0.29, 0.717) is 6.04 Å². The first-order chi connectivity index (χ1) is 8.79. The Morgan fingerprint density at radius 1 is 1.28 bits per heavy atom. The molecule has 0 fully saturated rings. The van der Waals surface area contributed by atoms with Crippen molar-refractivity contribution in [3.63, 3.8) is 0 Å². The second-order valence-electron chi connectivity index (χ2n) is 4.63. The Balaban J connectivity index is 1.95. The van der Waals surface area contributed by atoms with Gasteiger partial charge in [0.05, 0.1) is 11.9 Å². The number of benzene rings is 1. The highest BCUT2D eigenvalue weighted by Gasteiger charge is 2.03. The molecule has 1 N–H and O–H groups in total. The van der Waals surface area contributed by atoms with Crippen LogP contribution in [0.25, 0.3) is 5.69 Å². The molecule has 0 saturated heterocycles. The van der Waals surface area contributed by atoms with E-state index in [9.17, 15) is 0 Å². The van der Waals surface area contributed by atoms with Gasteiger partial charge in [0.1, 0.15) is 0 Å². The zero-order valence-electron chi connectivity index (χ0n) is 11.1. The van der Waals surface area contributed by atoms with Gasteiger partial charge in [-0.25, -0.2) is 4.68 Å². The lowest BCUT2D eigenvalue weighted by Gasteiger charge is -2.10. The van der Waals surface area contributed by atoms with Gasteiger partial charge in [-0.1, -0.05) is 25.1 Å². The average Bonchev–Trinajstić information content (AvgIpc) is 2.87. The van der Waals surface area contributed by atoms with E-state index in [1.807, 2.05) is 29.1 Å². The molecule has 0 radical (unpaired) electrons. The Labute approximate surface area is 109 Å². The van der Waals surface area contributed by atoms with Crippen molar-refractivity contribution >= 4 is 0 Å². The summed E-state index contributed by atoms with van der Waals surface area (Å²) in [5.41, 5.74) is 2.41. The van der Waals surface area contributed by atoms with Crippen molar-refractivity contribution < 1.29 is 0 Å². The Morgan fingerprint density at radius 3 is 2.78 bits per heavy atom. The number of nitrogens with zero attached hydrogens (tertiary/aromatic N) is 2. The fourth-order valence-electron chi connectivity index (χ4n) is 2.04. The maximum absolute atomic E-state index is 4.41. The van der Waals surface area contributed by atoms with Gasteiger partial charge in [0.15, 0.2) is 0 Å². The van der Waals surface area contributed by atoms with Crippen LogP contribution in [-0.4, -0.2) is 22.4 Å². The molecule has 1 aromatic heterocycles. The SMILES string of the molecule is CCNC(C)CCc1cnn(-c2ccccc2)c1. The third-order valence-corrected chi connectivity index (χ3v) is 3.08. The van der Waals surface area contributed by atoms with Gasteiger partial charge in [0, 0.05) is 12.2 Å². The standard InChI is InChI=1S/C15H21N3/c1-3-16-13(2)9-10-14-11-17-18(12-14)15-7-5-4-6-8-15/h4-8,11-13,16H,3,9-10H2,1-2H3. The lowest BCUT2D eigenvalue weighted by atomic mass is 10.1. The highest BCUT2D eigenvalue weighted by molar-refractivity contribution is 5.30. The van der Waals surface area contributed by atoms with E-state index in [-0.39, 0.29) is 0 Å². The van der Waals surface area contributed by atoms with Crippen molar-refractivity contribution in [2.75, 3.05) is 6.54 Å². The second-order valence-corrected chi connectivity index (χ2v) is 4.63. The molecule has 1 atom stereocenters. The van der Waals surface area contributed by atoms with Crippen molar-refractivity contribution in [1.82, 2.24) is 15.1 Å². The minimum absolute atomic E-state index is 0.565. The molecule has 0 amide bonds. The topological polar surface area (TPSA) is 29.9 Å². The van der Waals surface area contributed by atoms with Crippen molar-refractivity contribution in [3.05, 3.63) is 48.3 Å². The molecule has 96 valence electrons. The molecule has 0 aliphatic carbocycles. The number of rotatable bonds is 6. The molecule has 18 heavy (non-hydrogen) atoms. The summed E-state index contributed by atoms with van der Waals surface area (Å²) in [6.07, 6.45) is 6.30. The number of hydrogen-bond donors (Lipinski definition) is 1. The summed E-state index contributed by atoms with van der Waals surface area (Å²) >= 11 is 0. The van der Waals surface area contributed by atoms with Crippen LogP contribution < -0.4 is 5.32 Å². The van der Waals surface area contributed by atoms with E-state index in [4.69, 9.17) is 0 Å². The van der Waals surface area contributed by atoms with Gasteiger partial charge in [-0.3, -0.25) is 0 Å². The quantitative estimate of drug-likeness (QED) is 0.845. The zero-order chi connectivity index (χ0) is 12.8. The Kier molecular flexibility index (Phi) is 4.53. The van der Waals surface area contributed by atoms with Crippen LogP contribution in [0.2, 0.25) is 0 Å². The summed E-state index contributed by atoms with van der Waals surface area (Å²) in [6.45, 7) is 5.40. The van der Waals surface area contributed by atoms with E-state index in [2.05, 4.69) is 42.6 Å². The van der Waals surface area contributed by atoms with E-state index in [1.165, 1.54) is 5.56 Å². The first-order valence-corrected chi connectivity index (χ1v) is 6.62. The average molecular weight is 243 g/mol. The molecule has 2 rings (SSSR count). The van der Waals surface area contributed by atoms with Crippen LogP contribution in [-0.2, 0) is 6.42 Å². The third-order valence-electron chi connectivity index (χ3n) is 3.08. The van der Waals surface area contributed by atoms with Crippen molar-refractivity contribution in [1.29, 1.82) is 0 Å². The lowest BCUT2D eigenvalue weighted by Crippen LogP contribution is -2.25. The highest BCUT2D eigenvalue weighted by Crippen LogP contribution is 2.09. The molecule has 1 heterocycles.